The number of fused-ring (bicyclic) bond motifs is 7. The number of ketones is 1. The first-order valence-corrected chi connectivity index (χ1v) is 20.2. The number of allylic oxidation sites excluding steroid dienone is 1. The van der Waals surface area contributed by atoms with Crippen LogP contribution in [0.5, 0.6) is 0 Å². The third-order valence-corrected chi connectivity index (χ3v) is 16.8. The molecule has 0 radical (unpaired) electrons. The maximum atomic E-state index is 15.2. The molecule has 7 aliphatic rings. The van der Waals surface area contributed by atoms with E-state index in [1.165, 1.54) is 12.5 Å². The Morgan fingerprint density at radius 2 is 1.54 bits per heavy atom. The molecule has 50 heavy (non-hydrogen) atoms. The number of hydrogen-bond donors (Lipinski definition) is 0. The van der Waals surface area contributed by atoms with Crippen LogP contribution in [0.1, 0.15) is 139 Å². The quantitative estimate of drug-likeness (QED) is 0.269. The van der Waals surface area contributed by atoms with Crippen molar-refractivity contribution in [3.05, 3.63) is 11.1 Å². The van der Waals surface area contributed by atoms with Crippen LogP contribution < -0.4 is 0 Å². The minimum absolute atomic E-state index is 0.0188. The van der Waals surface area contributed by atoms with Gasteiger partial charge < -0.3 is 14.5 Å². The van der Waals surface area contributed by atoms with Crippen molar-refractivity contribution >= 4 is 17.7 Å². The van der Waals surface area contributed by atoms with Crippen LogP contribution in [0.3, 0.4) is 0 Å². The standard InChI is InChI=1S/C42H64F2N2O4/c1-26(2)34-30(48)24-41(36(49)46-21-9-10-28(46)25-45-22-19-42(43,44)20-23-45)18-17-39(7)29(35(34)41)11-12-32-38(6)15-14-33(50-27(3)47)37(4,5)31(38)13-16-40(32,39)8/h26,28-29,31-33H,9-25H2,1-8H3/t28-,29+,31-,32+,33-,38-,39+,40+,41+/m0/s1. The van der Waals surface area contributed by atoms with Gasteiger partial charge in [0.2, 0.25) is 5.91 Å². The zero-order valence-corrected chi connectivity index (χ0v) is 32.3. The van der Waals surface area contributed by atoms with E-state index in [2.05, 4.69) is 58.3 Å². The zero-order valence-electron chi connectivity index (χ0n) is 32.3. The number of hydrogen-bond acceptors (Lipinski definition) is 5. The lowest BCUT2D eigenvalue weighted by molar-refractivity contribution is -0.232. The number of carbonyl (C=O) groups excluding carboxylic acids is 3. The molecule has 0 aromatic carbocycles. The number of nitrogens with zero attached hydrogens (tertiary/aromatic N) is 2. The summed E-state index contributed by atoms with van der Waals surface area (Å²) in [5.41, 5.74) is 1.43. The van der Waals surface area contributed by atoms with Crippen LogP contribution in [-0.2, 0) is 19.1 Å². The molecule has 8 heteroatoms. The minimum Gasteiger partial charge on any atom is -0.462 e. The van der Waals surface area contributed by atoms with E-state index in [0.717, 1.165) is 69.8 Å². The molecule has 6 fully saturated rings. The highest BCUT2D eigenvalue weighted by Gasteiger charge is 2.71. The maximum absolute atomic E-state index is 15.2. The molecule has 0 aromatic rings. The average molecular weight is 699 g/mol. The van der Waals surface area contributed by atoms with Gasteiger partial charge in [-0.25, -0.2) is 8.78 Å². The molecule has 0 N–H and O–H groups in total. The van der Waals surface area contributed by atoms with Crippen LogP contribution in [-0.4, -0.2) is 71.7 Å². The molecule has 1 amide bonds. The van der Waals surface area contributed by atoms with Gasteiger partial charge in [-0.05, 0) is 115 Å². The summed E-state index contributed by atoms with van der Waals surface area (Å²) in [4.78, 5) is 45.7. The molecule has 5 aliphatic carbocycles. The topological polar surface area (TPSA) is 66.9 Å². The number of likely N-dealkylation sites (tertiary alicyclic amines) is 2. The fourth-order valence-corrected chi connectivity index (χ4v) is 14.2. The van der Waals surface area contributed by atoms with E-state index < -0.39 is 11.3 Å². The molecule has 280 valence electrons. The summed E-state index contributed by atoms with van der Waals surface area (Å²) in [5.74, 6) is -1.19. The molecule has 0 aromatic heterocycles. The average Bonchev–Trinajstić information content (AvgIpc) is 3.61. The second kappa shape index (κ2) is 12.1. The van der Waals surface area contributed by atoms with E-state index in [0.29, 0.717) is 44.4 Å². The van der Waals surface area contributed by atoms with E-state index in [1.807, 2.05) is 0 Å². The van der Waals surface area contributed by atoms with Crippen molar-refractivity contribution in [1.82, 2.24) is 9.80 Å². The summed E-state index contributed by atoms with van der Waals surface area (Å²) in [5, 5.41) is 0. The van der Waals surface area contributed by atoms with Crippen LogP contribution in [0, 0.1) is 50.7 Å². The van der Waals surface area contributed by atoms with Crippen LogP contribution in [0.2, 0.25) is 0 Å². The Hall–Kier alpha value is -1.83. The molecule has 0 bridgehead atoms. The molecule has 2 saturated heterocycles. The summed E-state index contributed by atoms with van der Waals surface area (Å²) in [6.45, 7) is 20.2. The minimum atomic E-state index is -2.58. The van der Waals surface area contributed by atoms with Gasteiger partial charge in [0.15, 0.2) is 5.78 Å². The Morgan fingerprint density at radius 3 is 2.20 bits per heavy atom. The molecule has 0 unspecified atom stereocenters. The van der Waals surface area contributed by atoms with E-state index in [1.54, 1.807) is 0 Å². The molecule has 0 spiro atoms. The van der Waals surface area contributed by atoms with Crippen molar-refractivity contribution in [3.8, 4) is 0 Å². The van der Waals surface area contributed by atoms with Gasteiger partial charge in [0.25, 0.3) is 5.92 Å². The van der Waals surface area contributed by atoms with Crippen molar-refractivity contribution in [2.45, 2.75) is 157 Å². The lowest BCUT2D eigenvalue weighted by Crippen LogP contribution is -2.66. The zero-order chi connectivity index (χ0) is 36.2. The van der Waals surface area contributed by atoms with E-state index in [4.69, 9.17) is 4.74 Å². The number of alkyl halides is 2. The van der Waals surface area contributed by atoms with Gasteiger partial charge >= 0.3 is 5.97 Å². The SMILES string of the molecule is CC(=O)O[C@H]1CC[C@]2(C)[C@H]3CC[C@@H]4C5=C(C(C)C)C(=O)C[C@]5(C(=O)N5CCC[C@H]5CN5CCC(F)(F)CC5)CC[C@@]4(C)[C@]3(C)CC[C@H]2C1(C)C. The molecule has 2 aliphatic heterocycles. The van der Waals surface area contributed by atoms with E-state index >= 15 is 4.79 Å². The fraction of sp³-hybridized carbons (Fsp3) is 0.881. The second-order valence-electron chi connectivity index (χ2n) is 19.7. The number of amides is 1. The van der Waals surface area contributed by atoms with Gasteiger partial charge in [-0.1, -0.05) is 48.5 Å². The Kier molecular flexibility index (Phi) is 8.84. The Bertz CT molecular complexity index is 1450. The highest BCUT2D eigenvalue weighted by molar-refractivity contribution is 6.07. The van der Waals surface area contributed by atoms with Crippen molar-refractivity contribution in [2.24, 2.45) is 50.7 Å². The lowest BCUT2D eigenvalue weighted by atomic mass is 9.33. The maximum Gasteiger partial charge on any atom is 0.302 e. The summed E-state index contributed by atoms with van der Waals surface area (Å²) >= 11 is 0. The smallest absolute Gasteiger partial charge is 0.302 e. The normalized spacial score (nSPS) is 44.0. The van der Waals surface area contributed by atoms with E-state index in [9.17, 15) is 18.4 Å². The highest BCUT2D eigenvalue weighted by atomic mass is 19.3. The van der Waals surface area contributed by atoms with Gasteiger partial charge in [-0.2, -0.15) is 0 Å². The summed E-state index contributed by atoms with van der Waals surface area (Å²) in [6.07, 6.45) is 9.79. The third kappa shape index (κ3) is 5.23. The predicted octanol–water partition coefficient (Wildman–Crippen LogP) is 8.62. The van der Waals surface area contributed by atoms with Crippen molar-refractivity contribution < 1.29 is 27.9 Å². The molecule has 6 nitrogen and oxygen atoms in total. The number of halogens is 2. The molecule has 9 atom stereocenters. The van der Waals surface area contributed by atoms with Crippen LogP contribution in [0.25, 0.3) is 0 Å². The van der Waals surface area contributed by atoms with E-state index in [-0.39, 0.29) is 76.1 Å². The first kappa shape index (κ1) is 36.5. The number of ether oxygens (including phenoxy) is 1. The van der Waals surface area contributed by atoms with Gasteiger partial charge in [-0.3, -0.25) is 14.4 Å². The summed E-state index contributed by atoms with van der Waals surface area (Å²) in [6, 6.07) is 0.0188. The van der Waals surface area contributed by atoms with Crippen molar-refractivity contribution in [3.63, 3.8) is 0 Å². The van der Waals surface area contributed by atoms with Crippen LogP contribution in [0.15, 0.2) is 11.1 Å². The molecule has 2 heterocycles. The number of Topliss-reactive ketones (excluding diaryl/α,β-unsaturated/α-hetero) is 1. The van der Waals surface area contributed by atoms with Gasteiger partial charge in [0, 0.05) is 63.8 Å². The lowest BCUT2D eigenvalue weighted by Gasteiger charge is -2.72. The molecule has 7 rings (SSSR count). The van der Waals surface area contributed by atoms with Gasteiger partial charge in [-0.15, -0.1) is 0 Å². The number of rotatable bonds is 5. The first-order valence-electron chi connectivity index (χ1n) is 20.2. The Morgan fingerprint density at radius 1 is 0.840 bits per heavy atom. The largest absolute Gasteiger partial charge is 0.462 e. The Balaban J connectivity index is 1.20. The van der Waals surface area contributed by atoms with Crippen molar-refractivity contribution in [1.29, 1.82) is 0 Å². The number of piperidine rings is 1. The molecule has 4 saturated carbocycles. The highest BCUT2D eigenvalue weighted by Crippen LogP contribution is 2.77. The third-order valence-electron chi connectivity index (χ3n) is 16.8. The molecular formula is C42H64F2N2O4. The van der Waals surface area contributed by atoms with Gasteiger partial charge in [0.05, 0.1) is 5.41 Å². The van der Waals surface area contributed by atoms with Crippen LogP contribution >= 0.6 is 0 Å². The number of esters is 1. The first-order chi connectivity index (χ1) is 23.3. The van der Waals surface area contributed by atoms with Crippen molar-refractivity contribution in [2.75, 3.05) is 26.2 Å². The summed E-state index contributed by atoms with van der Waals surface area (Å²) < 4.78 is 33.9. The summed E-state index contributed by atoms with van der Waals surface area (Å²) in [7, 11) is 0. The monoisotopic (exact) mass is 698 g/mol. The predicted molar refractivity (Wildman–Crippen MR) is 190 cm³/mol. The Labute approximate surface area is 299 Å². The fourth-order valence-electron chi connectivity index (χ4n) is 14.2. The van der Waals surface area contributed by atoms with Gasteiger partial charge in [0.1, 0.15) is 6.10 Å². The molecular weight excluding hydrogens is 634 g/mol. The number of carbonyl (C=O) groups is 3. The second-order valence-corrected chi connectivity index (χ2v) is 19.7. The van der Waals surface area contributed by atoms with Crippen LogP contribution in [0.4, 0.5) is 8.78 Å².